The molecule has 0 heterocycles. The molecule has 0 fully saturated rings. The summed E-state index contributed by atoms with van der Waals surface area (Å²) < 4.78 is 5.11. The minimum atomic E-state index is 0.198. The van der Waals surface area contributed by atoms with E-state index in [9.17, 15) is 0 Å². The van der Waals surface area contributed by atoms with Crippen molar-refractivity contribution in [3.8, 4) is 5.75 Å². The Morgan fingerprint density at radius 3 is 2.77 bits per heavy atom. The van der Waals surface area contributed by atoms with Crippen LogP contribution >= 0.6 is 0 Å². The maximum absolute atomic E-state index is 9.10. The fraction of sp³-hybridized carbons (Fsp3) is 0.455. The first-order valence-electron chi connectivity index (χ1n) is 4.56. The topological polar surface area (TPSA) is 29.5 Å². The second kappa shape index (κ2) is 4.87. The summed E-state index contributed by atoms with van der Waals surface area (Å²) in [6.07, 6.45) is 0.948. The Morgan fingerprint density at radius 1 is 1.46 bits per heavy atom. The largest absolute Gasteiger partial charge is 0.497 e. The summed E-state index contributed by atoms with van der Waals surface area (Å²) in [5.41, 5.74) is 1.14. The molecule has 0 aliphatic heterocycles. The lowest BCUT2D eigenvalue weighted by atomic mass is 9.97. The highest BCUT2D eigenvalue weighted by molar-refractivity contribution is 5.30. The zero-order valence-electron chi connectivity index (χ0n) is 8.16. The fourth-order valence-corrected chi connectivity index (χ4v) is 1.37. The summed E-state index contributed by atoms with van der Waals surface area (Å²) in [6.45, 7) is 2.27. The van der Waals surface area contributed by atoms with Crippen LogP contribution in [0.3, 0.4) is 0 Å². The molecule has 1 unspecified atom stereocenters. The quantitative estimate of drug-likeness (QED) is 0.769. The van der Waals surface area contributed by atoms with Crippen LogP contribution in [0.5, 0.6) is 5.75 Å². The lowest BCUT2D eigenvalue weighted by molar-refractivity contribution is 0.262. The second-order valence-corrected chi connectivity index (χ2v) is 3.06. The van der Waals surface area contributed by atoms with Crippen molar-refractivity contribution >= 4 is 0 Å². The molecule has 0 radical (unpaired) electrons. The number of aliphatic hydroxyl groups is 1. The Balaban J connectivity index is 2.86. The maximum atomic E-state index is 9.10. The van der Waals surface area contributed by atoms with Gasteiger partial charge in [-0.3, -0.25) is 0 Å². The molecule has 0 bridgehead atoms. The second-order valence-electron chi connectivity index (χ2n) is 3.06. The van der Waals surface area contributed by atoms with Gasteiger partial charge in [-0.15, -0.1) is 0 Å². The minimum absolute atomic E-state index is 0.198. The molecule has 1 N–H and O–H groups in total. The summed E-state index contributed by atoms with van der Waals surface area (Å²) in [6, 6.07) is 7.86. The van der Waals surface area contributed by atoms with Crippen LogP contribution < -0.4 is 4.74 Å². The van der Waals surface area contributed by atoms with E-state index in [0.29, 0.717) is 0 Å². The molecular formula is C11H16O2. The van der Waals surface area contributed by atoms with Gasteiger partial charge in [0.05, 0.1) is 7.11 Å². The smallest absolute Gasteiger partial charge is 0.119 e. The molecular weight excluding hydrogens is 164 g/mol. The zero-order valence-corrected chi connectivity index (χ0v) is 8.16. The molecule has 2 nitrogen and oxygen atoms in total. The molecule has 2 heteroatoms. The predicted molar refractivity (Wildman–Crippen MR) is 53.1 cm³/mol. The summed E-state index contributed by atoms with van der Waals surface area (Å²) in [7, 11) is 1.65. The summed E-state index contributed by atoms with van der Waals surface area (Å²) in [5.74, 6) is 1.08. The standard InChI is InChI=1S/C11H16O2/c1-3-9(8-12)10-5-4-6-11(7-10)13-2/h4-7,9,12H,3,8H2,1-2H3. The molecule has 0 spiro atoms. The lowest BCUT2D eigenvalue weighted by Crippen LogP contribution is -2.02. The average Bonchev–Trinajstić information content (AvgIpc) is 2.20. The Bertz CT molecular complexity index is 254. The Labute approximate surface area is 79.2 Å². The summed E-state index contributed by atoms with van der Waals surface area (Å²) in [5, 5.41) is 9.10. The van der Waals surface area contributed by atoms with E-state index in [0.717, 1.165) is 17.7 Å². The third kappa shape index (κ3) is 2.46. The van der Waals surface area contributed by atoms with Crippen LogP contribution in [0.2, 0.25) is 0 Å². The van der Waals surface area contributed by atoms with Gasteiger partial charge in [-0.05, 0) is 24.1 Å². The van der Waals surface area contributed by atoms with Gasteiger partial charge in [0.15, 0.2) is 0 Å². The van der Waals surface area contributed by atoms with E-state index in [4.69, 9.17) is 9.84 Å². The highest BCUT2D eigenvalue weighted by Crippen LogP contribution is 2.22. The van der Waals surface area contributed by atoms with Crippen molar-refractivity contribution in [1.29, 1.82) is 0 Å². The van der Waals surface area contributed by atoms with Crippen LogP contribution in [0, 0.1) is 0 Å². The van der Waals surface area contributed by atoms with Crippen molar-refractivity contribution in [2.45, 2.75) is 19.3 Å². The Morgan fingerprint density at radius 2 is 2.23 bits per heavy atom. The number of ether oxygens (including phenoxy) is 1. The third-order valence-electron chi connectivity index (χ3n) is 2.28. The van der Waals surface area contributed by atoms with Crippen molar-refractivity contribution in [2.75, 3.05) is 13.7 Å². The van der Waals surface area contributed by atoms with Crippen LogP contribution in [0.15, 0.2) is 24.3 Å². The molecule has 1 atom stereocenters. The lowest BCUT2D eigenvalue weighted by Gasteiger charge is -2.12. The first kappa shape index (κ1) is 10.1. The minimum Gasteiger partial charge on any atom is -0.497 e. The van der Waals surface area contributed by atoms with E-state index < -0.39 is 0 Å². The SMILES string of the molecule is CCC(CO)c1cccc(OC)c1. The molecule has 0 amide bonds. The first-order chi connectivity index (χ1) is 6.31. The fourth-order valence-electron chi connectivity index (χ4n) is 1.37. The van der Waals surface area contributed by atoms with Crippen LogP contribution in [-0.2, 0) is 0 Å². The molecule has 13 heavy (non-hydrogen) atoms. The van der Waals surface area contributed by atoms with Crippen LogP contribution in [-0.4, -0.2) is 18.8 Å². The van der Waals surface area contributed by atoms with E-state index in [1.54, 1.807) is 7.11 Å². The summed E-state index contributed by atoms with van der Waals surface area (Å²) >= 11 is 0. The van der Waals surface area contributed by atoms with Crippen molar-refractivity contribution in [1.82, 2.24) is 0 Å². The van der Waals surface area contributed by atoms with Gasteiger partial charge in [0.1, 0.15) is 5.75 Å². The van der Waals surface area contributed by atoms with E-state index >= 15 is 0 Å². The summed E-state index contributed by atoms with van der Waals surface area (Å²) in [4.78, 5) is 0. The van der Waals surface area contributed by atoms with Crippen molar-refractivity contribution in [3.63, 3.8) is 0 Å². The Hall–Kier alpha value is -1.02. The van der Waals surface area contributed by atoms with Crippen molar-refractivity contribution < 1.29 is 9.84 Å². The van der Waals surface area contributed by atoms with Gasteiger partial charge in [-0.2, -0.15) is 0 Å². The van der Waals surface area contributed by atoms with Gasteiger partial charge in [-0.25, -0.2) is 0 Å². The van der Waals surface area contributed by atoms with E-state index in [-0.39, 0.29) is 12.5 Å². The molecule has 0 aliphatic rings. The number of methoxy groups -OCH3 is 1. The van der Waals surface area contributed by atoms with Gasteiger partial charge >= 0.3 is 0 Å². The Kier molecular flexibility index (Phi) is 3.77. The van der Waals surface area contributed by atoms with Gasteiger partial charge < -0.3 is 9.84 Å². The molecule has 1 aromatic rings. The monoisotopic (exact) mass is 180 g/mol. The normalized spacial score (nSPS) is 12.5. The molecule has 0 saturated heterocycles. The van der Waals surface area contributed by atoms with Gasteiger partial charge in [0.25, 0.3) is 0 Å². The van der Waals surface area contributed by atoms with Gasteiger partial charge in [-0.1, -0.05) is 19.1 Å². The zero-order chi connectivity index (χ0) is 9.68. The molecule has 0 aromatic heterocycles. The van der Waals surface area contributed by atoms with E-state index in [1.165, 1.54) is 0 Å². The predicted octanol–water partition coefficient (Wildman–Crippen LogP) is 2.18. The number of aliphatic hydroxyl groups excluding tert-OH is 1. The molecule has 0 aliphatic carbocycles. The van der Waals surface area contributed by atoms with Crippen LogP contribution in [0.4, 0.5) is 0 Å². The van der Waals surface area contributed by atoms with Crippen LogP contribution in [0.25, 0.3) is 0 Å². The molecule has 0 saturated carbocycles. The third-order valence-corrected chi connectivity index (χ3v) is 2.28. The maximum Gasteiger partial charge on any atom is 0.119 e. The molecule has 1 aromatic carbocycles. The number of hydrogen-bond acceptors (Lipinski definition) is 2. The van der Waals surface area contributed by atoms with E-state index in [1.807, 2.05) is 24.3 Å². The average molecular weight is 180 g/mol. The van der Waals surface area contributed by atoms with Crippen molar-refractivity contribution in [3.05, 3.63) is 29.8 Å². The van der Waals surface area contributed by atoms with Crippen LogP contribution in [0.1, 0.15) is 24.8 Å². The van der Waals surface area contributed by atoms with Crippen molar-refractivity contribution in [2.24, 2.45) is 0 Å². The highest BCUT2D eigenvalue weighted by atomic mass is 16.5. The molecule has 1 rings (SSSR count). The van der Waals surface area contributed by atoms with Gasteiger partial charge in [0.2, 0.25) is 0 Å². The molecule has 72 valence electrons. The first-order valence-corrected chi connectivity index (χ1v) is 4.56. The number of benzene rings is 1. The van der Waals surface area contributed by atoms with E-state index in [2.05, 4.69) is 6.92 Å². The van der Waals surface area contributed by atoms with Gasteiger partial charge in [0, 0.05) is 12.5 Å². The highest BCUT2D eigenvalue weighted by Gasteiger charge is 2.07. The number of hydrogen-bond donors (Lipinski definition) is 1. The number of rotatable bonds is 4.